The van der Waals surface area contributed by atoms with Crippen LogP contribution in [-0.2, 0) is 26.2 Å². The summed E-state index contributed by atoms with van der Waals surface area (Å²) in [4.78, 5) is 55.3. The molecule has 2 N–H and O–H groups in total. The first kappa shape index (κ1) is 32.8. The van der Waals surface area contributed by atoms with E-state index < -0.39 is 23.7 Å². The molecular formula is C36H52N4O6. The van der Waals surface area contributed by atoms with Crippen LogP contribution in [0.3, 0.4) is 0 Å². The van der Waals surface area contributed by atoms with Gasteiger partial charge in [-0.3, -0.25) is 14.4 Å². The number of fused-ring (bicyclic) bond motifs is 2. The van der Waals surface area contributed by atoms with Gasteiger partial charge in [0.25, 0.3) is 0 Å². The van der Waals surface area contributed by atoms with E-state index in [4.69, 9.17) is 9.47 Å². The van der Waals surface area contributed by atoms with E-state index in [9.17, 15) is 19.2 Å². The van der Waals surface area contributed by atoms with Crippen LogP contribution in [0.15, 0.2) is 12.1 Å². The summed E-state index contributed by atoms with van der Waals surface area (Å²) in [6, 6.07) is 3.31. The molecule has 10 heteroatoms. The zero-order valence-corrected chi connectivity index (χ0v) is 28.4. The van der Waals surface area contributed by atoms with E-state index >= 15 is 0 Å². The number of likely N-dealkylation sites (N-methyl/N-ethyl adjacent to an activating group) is 1. The predicted molar refractivity (Wildman–Crippen MR) is 174 cm³/mol. The van der Waals surface area contributed by atoms with Crippen molar-refractivity contribution in [3.05, 3.63) is 23.3 Å². The average Bonchev–Trinajstić information content (AvgIpc) is 3.92. The van der Waals surface area contributed by atoms with Crippen LogP contribution in [0.25, 0.3) is 0 Å². The van der Waals surface area contributed by atoms with Crippen molar-refractivity contribution >= 4 is 23.7 Å². The Morgan fingerprint density at radius 2 is 1.91 bits per heavy atom. The summed E-state index contributed by atoms with van der Waals surface area (Å²) in [5.41, 5.74) is 1.84. The van der Waals surface area contributed by atoms with Gasteiger partial charge in [0, 0.05) is 45.6 Å². The topological polar surface area (TPSA) is 117 Å². The highest BCUT2D eigenvalue weighted by atomic mass is 16.6. The molecule has 6 rings (SSSR count). The Morgan fingerprint density at radius 3 is 2.61 bits per heavy atom. The summed E-state index contributed by atoms with van der Waals surface area (Å²) < 4.78 is 12.7. The lowest BCUT2D eigenvalue weighted by molar-refractivity contribution is -0.139. The molecule has 0 spiro atoms. The number of nitrogens with one attached hydrogen (secondary N) is 2. The Bertz CT molecular complexity index is 1390. The highest BCUT2D eigenvalue weighted by Crippen LogP contribution is 2.72. The van der Waals surface area contributed by atoms with Crippen LogP contribution in [-0.4, -0.2) is 85.9 Å². The molecule has 1 aliphatic heterocycles. The summed E-state index contributed by atoms with van der Waals surface area (Å²) in [5.74, 6) is 2.74. The fraction of sp³-hybridized carbons (Fsp3) is 0.722. The Labute approximate surface area is 273 Å². The molecule has 1 aromatic carbocycles. The molecule has 5 aliphatic rings. The number of benzene rings is 1. The van der Waals surface area contributed by atoms with Crippen molar-refractivity contribution in [2.24, 2.45) is 29.1 Å². The standard InChI is InChI=1S/C36H52N4O6/c1-21(2)17-27(38-22(3)41)33(43)37-14-16-40(6)34(44)45-29-10-9-24-18-25-19-26(25)35(4)12-11-28(42)32-36(35,30(24)31(29)46-32)13-15-39(5)20-23-7-8-23/h9-10,21,23,25-27,32H,7-8,11-20H2,1-6H3,(H,37,43)(H,38,41). The first-order valence-corrected chi connectivity index (χ1v) is 17.4. The normalized spacial score (nSPS) is 29.3. The maximum atomic E-state index is 13.7. The third-order valence-electron chi connectivity index (χ3n) is 11.6. The smallest absolute Gasteiger partial charge is 0.415 e. The number of hydrogen-bond acceptors (Lipinski definition) is 7. The fourth-order valence-corrected chi connectivity index (χ4v) is 8.95. The third-order valence-corrected chi connectivity index (χ3v) is 11.6. The summed E-state index contributed by atoms with van der Waals surface area (Å²) in [7, 11) is 3.83. The van der Waals surface area contributed by atoms with E-state index in [0.29, 0.717) is 36.2 Å². The number of nitrogens with zero attached hydrogens (tertiary/aromatic N) is 2. The molecule has 3 saturated carbocycles. The minimum atomic E-state index is -0.626. The van der Waals surface area contributed by atoms with Gasteiger partial charge in [-0.1, -0.05) is 26.8 Å². The van der Waals surface area contributed by atoms with Gasteiger partial charge in [0.2, 0.25) is 11.8 Å². The van der Waals surface area contributed by atoms with Crippen molar-refractivity contribution in [1.82, 2.24) is 20.4 Å². The van der Waals surface area contributed by atoms with E-state index in [2.05, 4.69) is 35.6 Å². The van der Waals surface area contributed by atoms with Crippen molar-refractivity contribution in [2.45, 2.75) is 96.6 Å². The second-order valence-electron chi connectivity index (χ2n) is 15.5. The zero-order valence-electron chi connectivity index (χ0n) is 28.4. The van der Waals surface area contributed by atoms with Gasteiger partial charge in [0.15, 0.2) is 23.4 Å². The van der Waals surface area contributed by atoms with Crippen LogP contribution in [0.1, 0.15) is 83.8 Å². The van der Waals surface area contributed by atoms with Crippen molar-refractivity contribution in [2.75, 3.05) is 40.3 Å². The van der Waals surface area contributed by atoms with Crippen LogP contribution in [0.5, 0.6) is 11.5 Å². The minimum absolute atomic E-state index is 0.0601. The highest BCUT2D eigenvalue weighted by Gasteiger charge is 2.71. The molecule has 46 heavy (non-hydrogen) atoms. The molecule has 252 valence electrons. The number of hydrogen-bond donors (Lipinski definition) is 2. The monoisotopic (exact) mass is 636 g/mol. The van der Waals surface area contributed by atoms with Crippen LogP contribution in [0.2, 0.25) is 0 Å². The quantitative estimate of drug-likeness (QED) is 0.335. The molecule has 6 atom stereocenters. The first-order valence-electron chi connectivity index (χ1n) is 17.4. The van der Waals surface area contributed by atoms with Crippen molar-refractivity contribution in [3.63, 3.8) is 0 Å². The molecule has 1 aromatic rings. The summed E-state index contributed by atoms with van der Waals surface area (Å²) in [5, 5.41) is 5.55. The molecule has 3 amide bonds. The minimum Gasteiger partial charge on any atom is -0.477 e. The van der Waals surface area contributed by atoms with Gasteiger partial charge in [-0.05, 0) is 99.3 Å². The Hall–Kier alpha value is -3.14. The molecule has 0 radical (unpaired) electrons. The second-order valence-corrected chi connectivity index (χ2v) is 15.5. The lowest BCUT2D eigenvalue weighted by Gasteiger charge is -2.53. The van der Waals surface area contributed by atoms with Crippen molar-refractivity contribution in [1.29, 1.82) is 0 Å². The summed E-state index contributed by atoms with van der Waals surface area (Å²) in [6.45, 7) is 10.2. The molecule has 1 heterocycles. The predicted octanol–water partition coefficient (Wildman–Crippen LogP) is 4.08. The number of carbonyl (C=O) groups is 4. The van der Waals surface area contributed by atoms with Gasteiger partial charge in [-0.2, -0.15) is 0 Å². The summed E-state index contributed by atoms with van der Waals surface area (Å²) >= 11 is 0. The number of amides is 3. The van der Waals surface area contributed by atoms with E-state index in [-0.39, 0.29) is 42.0 Å². The van der Waals surface area contributed by atoms with Crippen LogP contribution < -0.4 is 20.1 Å². The van der Waals surface area contributed by atoms with E-state index in [0.717, 1.165) is 43.8 Å². The van der Waals surface area contributed by atoms with Gasteiger partial charge < -0.3 is 29.9 Å². The van der Waals surface area contributed by atoms with Gasteiger partial charge in [-0.15, -0.1) is 0 Å². The third kappa shape index (κ3) is 6.02. The molecular weight excluding hydrogens is 584 g/mol. The second kappa shape index (κ2) is 12.5. The molecule has 0 saturated heterocycles. The molecule has 10 nitrogen and oxygen atoms in total. The molecule has 4 aliphatic carbocycles. The highest BCUT2D eigenvalue weighted by molar-refractivity contribution is 5.90. The average molecular weight is 637 g/mol. The summed E-state index contributed by atoms with van der Waals surface area (Å²) in [6.07, 6.45) is 6.42. The molecule has 0 aromatic heterocycles. The van der Waals surface area contributed by atoms with Crippen LogP contribution in [0, 0.1) is 29.1 Å². The zero-order chi connectivity index (χ0) is 33.0. The lowest BCUT2D eigenvalue weighted by atomic mass is 9.50. The van der Waals surface area contributed by atoms with Crippen LogP contribution >= 0.6 is 0 Å². The van der Waals surface area contributed by atoms with Gasteiger partial charge in [-0.25, -0.2) is 4.79 Å². The number of Topliss-reactive ketones (excluding diaryl/α,β-unsaturated/α-hetero) is 1. The first-order chi connectivity index (χ1) is 21.8. The van der Waals surface area contributed by atoms with Gasteiger partial charge >= 0.3 is 6.09 Å². The maximum absolute atomic E-state index is 13.7. The van der Waals surface area contributed by atoms with Gasteiger partial charge in [0.1, 0.15) is 6.04 Å². The Kier molecular flexibility index (Phi) is 8.89. The SMILES string of the molecule is CC(=O)NC(CC(C)C)C(=O)NCCN(C)C(=O)Oc1ccc2c3c1OC1C(=O)CCC(C)(C4CC4C2)C31CCN(C)CC1CC1. The lowest BCUT2D eigenvalue weighted by Crippen LogP contribution is -2.59. The number of ketones is 1. The van der Waals surface area contributed by atoms with Gasteiger partial charge in [0.05, 0.1) is 5.41 Å². The van der Waals surface area contributed by atoms with Crippen LogP contribution in [0.4, 0.5) is 4.79 Å². The number of ether oxygens (including phenoxy) is 2. The Morgan fingerprint density at radius 1 is 1.15 bits per heavy atom. The van der Waals surface area contributed by atoms with E-state index in [1.807, 2.05) is 19.9 Å². The van der Waals surface area contributed by atoms with E-state index in [1.54, 1.807) is 7.05 Å². The largest absolute Gasteiger partial charge is 0.477 e. The molecule has 3 fully saturated rings. The van der Waals surface area contributed by atoms with Crippen molar-refractivity contribution < 1.29 is 28.7 Å². The number of carbonyl (C=O) groups excluding carboxylic acids is 4. The molecule has 6 unspecified atom stereocenters. The van der Waals surface area contributed by atoms with E-state index in [1.165, 1.54) is 36.6 Å². The maximum Gasteiger partial charge on any atom is 0.415 e. The number of rotatable bonds is 13. The fourth-order valence-electron chi connectivity index (χ4n) is 8.95. The van der Waals surface area contributed by atoms with Crippen molar-refractivity contribution in [3.8, 4) is 11.5 Å². The molecule has 0 bridgehead atoms. The Balaban J connectivity index is 1.20.